The first-order valence-corrected chi connectivity index (χ1v) is 9.11. The van der Waals surface area contributed by atoms with E-state index in [4.69, 9.17) is 13.9 Å². The monoisotopic (exact) mass is 366 g/mol. The van der Waals surface area contributed by atoms with Crippen LogP contribution in [0.1, 0.15) is 18.4 Å². The molecule has 3 aromatic rings. The van der Waals surface area contributed by atoms with E-state index in [1.165, 1.54) is 0 Å². The predicted molar refractivity (Wildman–Crippen MR) is 102 cm³/mol. The Kier molecular flexibility index (Phi) is 4.71. The third-order valence-electron chi connectivity index (χ3n) is 4.91. The van der Waals surface area contributed by atoms with Gasteiger partial charge in [0.25, 0.3) is 6.01 Å². The number of aromatic nitrogens is 1. The van der Waals surface area contributed by atoms with E-state index in [0.717, 1.165) is 16.7 Å². The first kappa shape index (κ1) is 17.4. The number of carbonyl (C=O) groups is 1. The third kappa shape index (κ3) is 3.60. The van der Waals surface area contributed by atoms with Crippen molar-refractivity contribution in [2.45, 2.75) is 19.8 Å². The van der Waals surface area contributed by atoms with Crippen LogP contribution in [0.4, 0.5) is 6.01 Å². The molecule has 2 aromatic carbocycles. The predicted octanol–water partition coefficient (Wildman–Crippen LogP) is 3.97. The number of carbonyl (C=O) groups excluding carboxylic acids is 1. The Morgan fingerprint density at radius 3 is 2.67 bits per heavy atom. The third-order valence-corrected chi connectivity index (χ3v) is 4.91. The molecule has 0 atom stereocenters. The van der Waals surface area contributed by atoms with Crippen molar-refractivity contribution in [2.75, 3.05) is 25.1 Å². The summed E-state index contributed by atoms with van der Waals surface area (Å²) in [7, 11) is 1.57. The Labute approximate surface area is 157 Å². The SMILES string of the molecule is COc1cc(C)ccc1OC(=O)C1CCN(c2nc3ccccc3o2)CC1. The maximum absolute atomic E-state index is 12.6. The van der Waals surface area contributed by atoms with E-state index in [9.17, 15) is 4.79 Å². The molecule has 0 amide bonds. The minimum atomic E-state index is -0.214. The number of piperidine rings is 1. The summed E-state index contributed by atoms with van der Waals surface area (Å²) in [5.74, 6) is 0.688. The lowest BCUT2D eigenvalue weighted by molar-refractivity contribution is -0.139. The lowest BCUT2D eigenvalue weighted by atomic mass is 9.97. The fraction of sp³-hybridized carbons (Fsp3) is 0.333. The smallest absolute Gasteiger partial charge is 0.314 e. The summed E-state index contributed by atoms with van der Waals surface area (Å²) in [5.41, 5.74) is 2.68. The molecule has 6 nitrogen and oxygen atoms in total. The molecule has 2 heterocycles. The second kappa shape index (κ2) is 7.31. The van der Waals surface area contributed by atoms with Gasteiger partial charge in [0, 0.05) is 13.1 Å². The van der Waals surface area contributed by atoms with E-state index in [0.29, 0.717) is 43.4 Å². The van der Waals surface area contributed by atoms with Crippen molar-refractivity contribution < 1.29 is 18.7 Å². The average Bonchev–Trinajstić information content (AvgIpc) is 3.13. The molecule has 1 saturated heterocycles. The van der Waals surface area contributed by atoms with Gasteiger partial charge in [0.1, 0.15) is 5.52 Å². The van der Waals surface area contributed by atoms with Gasteiger partial charge in [-0.25, -0.2) is 0 Å². The summed E-state index contributed by atoms with van der Waals surface area (Å²) in [4.78, 5) is 19.2. The van der Waals surface area contributed by atoms with Gasteiger partial charge in [0.05, 0.1) is 13.0 Å². The summed E-state index contributed by atoms with van der Waals surface area (Å²) in [5, 5.41) is 0. The molecule has 140 valence electrons. The van der Waals surface area contributed by atoms with Crippen LogP contribution >= 0.6 is 0 Å². The molecule has 0 bridgehead atoms. The summed E-state index contributed by atoms with van der Waals surface area (Å²) in [6.07, 6.45) is 1.40. The van der Waals surface area contributed by atoms with Crippen LogP contribution in [0.3, 0.4) is 0 Å². The Balaban J connectivity index is 1.39. The summed E-state index contributed by atoms with van der Waals surface area (Å²) in [6.45, 7) is 3.38. The second-order valence-corrected chi connectivity index (χ2v) is 6.80. The number of ether oxygens (including phenoxy) is 2. The van der Waals surface area contributed by atoms with E-state index in [1.54, 1.807) is 13.2 Å². The molecule has 27 heavy (non-hydrogen) atoms. The van der Waals surface area contributed by atoms with Gasteiger partial charge in [0.2, 0.25) is 0 Å². The fourth-order valence-electron chi connectivity index (χ4n) is 3.35. The highest BCUT2D eigenvalue weighted by atomic mass is 16.6. The Bertz CT molecular complexity index is 925. The highest BCUT2D eigenvalue weighted by Crippen LogP contribution is 2.31. The second-order valence-electron chi connectivity index (χ2n) is 6.80. The highest BCUT2D eigenvalue weighted by Gasteiger charge is 2.29. The van der Waals surface area contributed by atoms with Crippen molar-refractivity contribution in [3.8, 4) is 11.5 Å². The van der Waals surface area contributed by atoms with E-state index >= 15 is 0 Å². The quantitative estimate of drug-likeness (QED) is 0.514. The van der Waals surface area contributed by atoms with Gasteiger partial charge in [-0.15, -0.1) is 0 Å². The minimum Gasteiger partial charge on any atom is -0.493 e. The molecule has 0 aliphatic carbocycles. The Hall–Kier alpha value is -3.02. The molecule has 0 spiro atoms. The fourth-order valence-corrected chi connectivity index (χ4v) is 3.35. The zero-order valence-electron chi connectivity index (χ0n) is 15.5. The molecule has 0 unspecified atom stereocenters. The number of anilines is 1. The maximum Gasteiger partial charge on any atom is 0.314 e. The number of fused-ring (bicyclic) bond motifs is 1. The molecular weight excluding hydrogens is 344 g/mol. The number of rotatable bonds is 4. The lowest BCUT2D eigenvalue weighted by Gasteiger charge is -2.29. The topological polar surface area (TPSA) is 64.8 Å². The van der Waals surface area contributed by atoms with Crippen molar-refractivity contribution in [3.63, 3.8) is 0 Å². The van der Waals surface area contributed by atoms with Crippen molar-refractivity contribution in [1.82, 2.24) is 4.98 Å². The molecule has 1 aromatic heterocycles. The first-order valence-electron chi connectivity index (χ1n) is 9.11. The lowest BCUT2D eigenvalue weighted by Crippen LogP contribution is -2.37. The molecule has 1 aliphatic heterocycles. The van der Waals surface area contributed by atoms with Crippen molar-refractivity contribution in [2.24, 2.45) is 5.92 Å². The van der Waals surface area contributed by atoms with Crippen molar-refractivity contribution in [3.05, 3.63) is 48.0 Å². The molecule has 1 fully saturated rings. The number of aryl methyl sites for hydroxylation is 1. The van der Waals surface area contributed by atoms with Gasteiger partial charge in [-0.1, -0.05) is 18.2 Å². The summed E-state index contributed by atoms with van der Waals surface area (Å²) in [6, 6.07) is 13.9. The van der Waals surface area contributed by atoms with Gasteiger partial charge in [-0.3, -0.25) is 4.79 Å². The van der Waals surface area contributed by atoms with Crippen molar-refractivity contribution in [1.29, 1.82) is 0 Å². The van der Waals surface area contributed by atoms with E-state index in [1.807, 2.05) is 43.3 Å². The van der Waals surface area contributed by atoms with Crippen LogP contribution in [-0.4, -0.2) is 31.2 Å². The maximum atomic E-state index is 12.6. The molecule has 0 N–H and O–H groups in total. The molecule has 0 saturated carbocycles. The number of nitrogens with zero attached hydrogens (tertiary/aromatic N) is 2. The van der Waals surface area contributed by atoms with Crippen LogP contribution in [0.15, 0.2) is 46.9 Å². The van der Waals surface area contributed by atoms with Gasteiger partial charge < -0.3 is 18.8 Å². The number of hydrogen-bond donors (Lipinski definition) is 0. The zero-order chi connectivity index (χ0) is 18.8. The van der Waals surface area contributed by atoms with E-state index in [2.05, 4.69) is 9.88 Å². The zero-order valence-corrected chi connectivity index (χ0v) is 15.5. The van der Waals surface area contributed by atoms with Gasteiger partial charge >= 0.3 is 5.97 Å². The Morgan fingerprint density at radius 1 is 1.15 bits per heavy atom. The molecule has 6 heteroatoms. The number of benzene rings is 2. The van der Waals surface area contributed by atoms with E-state index < -0.39 is 0 Å². The first-order chi connectivity index (χ1) is 13.1. The van der Waals surface area contributed by atoms with Gasteiger partial charge in [-0.05, 0) is 49.6 Å². The number of para-hydroxylation sites is 2. The minimum absolute atomic E-state index is 0.142. The summed E-state index contributed by atoms with van der Waals surface area (Å²) >= 11 is 0. The Morgan fingerprint density at radius 2 is 1.93 bits per heavy atom. The molecule has 1 aliphatic rings. The highest BCUT2D eigenvalue weighted by molar-refractivity contribution is 5.77. The number of oxazole rings is 1. The average molecular weight is 366 g/mol. The number of esters is 1. The normalized spacial score (nSPS) is 15.1. The van der Waals surface area contributed by atoms with Crippen LogP contribution in [0.5, 0.6) is 11.5 Å². The largest absolute Gasteiger partial charge is 0.493 e. The molecule has 0 radical (unpaired) electrons. The number of methoxy groups -OCH3 is 1. The van der Waals surface area contributed by atoms with Gasteiger partial charge in [-0.2, -0.15) is 4.98 Å². The molecule has 4 rings (SSSR count). The van der Waals surface area contributed by atoms with Crippen LogP contribution in [-0.2, 0) is 4.79 Å². The van der Waals surface area contributed by atoms with Gasteiger partial charge in [0.15, 0.2) is 17.1 Å². The number of hydrogen-bond acceptors (Lipinski definition) is 6. The van der Waals surface area contributed by atoms with Crippen LogP contribution in [0.2, 0.25) is 0 Å². The van der Waals surface area contributed by atoms with Crippen LogP contribution in [0, 0.1) is 12.8 Å². The van der Waals surface area contributed by atoms with Crippen LogP contribution in [0.25, 0.3) is 11.1 Å². The van der Waals surface area contributed by atoms with Crippen molar-refractivity contribution >= 4 is 23.1 Å². The standard InChI is InChI=1S/C21H22N2O4/c1-14-7-8-18(19(13-14)25-2)26-20(24)15-9-11-23(12-10-15)21-22-16-5-3-4-6-17(16)27-21/h3-8,13,15H,9-12H2,1-2H3. The molecular formula is C21H22N2O4. The van der Waals surface area contributed by atoms with Crippen LogP contribution < -0.4 is 14.4 Å². The summed E-state index contributed by atoms with van der Waals surface area (Å²) < 4.78 is 16.7. The van der Waals surface area contributed by atoms with E-state index in [-0.39, 0.29) is 11.9 Å².